The van der Waals surface area contributed by atoms with Crippen LogP contribution in [0.4, 0.5) is 26.3 Å². The number of carbonyl (C=O) groups excluding carboxylic acids is 1. The van der Waals surface area contributed by atoms with Crippen molar-refractivity contribution in [1.82, 2.24) is 19.4 Å². The Morgan fingerprint density at radius 1 is 1.21 bits per heavy atom. The van der Waals surface area contributed by atoms with Crippen molar-refractivity contribution < 1.29 is 31.1 Å². The summed E-state index contributed by atoms with van der Waals surface area (Å²) in [5.74, 6) is -0.505. The normalized spacial score (nSPS) is 12.6. The van der Waals surface area contributed by atoms with E-state index in [4.69, 9.17) is 0 Å². The highest BCUT2D eigenvalue weighted by Crippen LogP contribution is 2.34. The number of aromatic nitrogens is 3. The Morgan fingerprint density at radius 3 is 2.52 bits per heavy atom. The van der Waals surface area contributed by atoms with E-state index in [-0.39, 0.29) is 22.1 Å². The molecular formula is C17H14F6N4OS. The lowest BCUT2D eigenvalue weighted by Gasteiger charge is -2.18. The van der Waals surface area contributed by atoms with Crippen molar-refractivity contribution in [3.63, 3.8) is 0 Å². The van der Waals surface area contributed by atoms with Crippen LogP contribution in [0.15, 0.2) is 24.5 Å². The van der Waals surface area contributed by atoms with Crippen LogP contribution in [-0.4, -0.2) is 38.6 Å². The highest BCUT2D eigenvalue weighted by molar-refractivity contribution is 7.20. The van der Waals surface area contributed by atoms with Crippen molar-refractivity contribution >= 4 is 27.5 Å². The van der Waals surface area contributed by atoms with Gasteiger partial charge in [0.25, 0.3) is 5.91 Å². The minimum Gasteiger partial charge on any atom is -0.334 e. The zero-order valence-corrected chi connectivity index (χ0v) is 15.9. The first-order valence-electron chi connectivity index (χ1n) is 8.16. The van der Waals surface area contributed by atoms with Gasteiger partial charge in [-0.2, -0.15) is 26.3 Å². The molecule has 3 aromatic heterocycles. The van der Waals surface area contributed by atoms with Crippen molar-refractivity contribution in [2.75, 3.05) is 7.05 Å². The van der Waals surface area contributed by atoms with Gasteiger partial charge in [-0.25, -0.2) is 9.97 Å². The summed E-state index contributed by atoms with van der Waals surface area (Å²) in [6.45, 7) is 0.146. The van der Waals surface area contributed by atoms with E-state index in [1.807, 2.05) is 0 Å². The van der Waals surface area contributed by atoms with E-state index in [1.54, 1.807) is 6.92 Å². The number of imidazole rings is 1. The topological polar surface area (TPSA) is 51.0 Å². The third kappa shape index (κ3) is 4.52. The number of fused-ring (bicyclic) bond motifs is 1. The largest absolute Gasteiger partial charge is 0.433 e. The van der Waals surface area contributed by atoms with E-state index < -0.39 is 30.5 Å². The molecule has 0 N–H and O–H groups in total. The smallest absolute Gasteiger partial charge is 0.334 e. The summed E-state index contributed by atoms with van der Waals surface area (Å²) in [6.07, 6.45) is -6.69. The van der Waals surface area contributed by atoms with Gasteiger partial charge in [-0.1, -0.05) is 0 Å². The Morgan fingerprint density at radius 2 is 1.90 bits per heavy atom. The molecule has 3 heterocycles. The number of carbonyl (C=O) groups is 1. The van der Waals surface area contributed by atoms with E-state index >= 15 is 0 Å². The number of amides is 1. The molecule has 3 aromatic rings. The zero-order chi connectivity index (χ0) is 21.6. The van der Waals surface area contributed by atoms with Gasteiger partial charge in [0, 0.05) is 24.8 Å². The first kappa shape index (κ1) is 21.1. The van der Waals surface area contributed by atoms with Crippen molar-refractivity contribution in [2.24, 2.45) is 0 Å². The zero-order valence-electron chi connectivity index (χ0n) is 15.1. The molecule has 1 amide bonds. The average Bonchev–Trinajstić information content (AvgIpc) is 3.16. The first-order valence-corrected chi connectivity index (χ1v) is 8.98. The number of hydrogen-bond donors (Lipinski definition) is 0. The second kappa shape index (κ2) is 7.32. The van der Waals surface area contributed by atoms with Gasteiger partial charge >= 0.3 is 12.4 Å². The number of thiophene rings is 1. The van der Waals surface area contributed by atoms with Crippen LogP contribution in [0.3, 0.4) is 0 Å². The van der Waals surface area contributed by atoms with Crippen LogP contribution < -0.4 is 0 Å². The monoisotopic (exact) mass is 436 g/mol. The molecule has 0 aliphatic heterocycles. The highest BCUT2D eigenvalue weighted by atomic mass is 32.1. The lowest BCUT2D eigenvalue weighted by molar-refractivity contribution is -0.141. The fraction of sp³-hybridized carbons (Fsp3) is 0.353. The van der Waals surface area contributed by atoms with Gasteiger partial charge in [-0.3, -0.25) is 4.79 Å². The summed E-state index contributed by atoms with van der Waals surface area (Å²) in [5, 5.41) is 0.415. The number of rotatable bonds is 4. The highest BCUT2D eigenvalue weighted by Gasteiger charge is 2.33. The molecule has 0 atom stereocenters. The third-order valence-corrected chi connectivity index (χ3v) is 5.35. The number of hydrogen-bond acceptors (Lipinski definition) is 4. The van der Waals surface area contributed by atoms with Crippen LogP contribution in [0.25, 0.3) is 10.2 Å². The van der Waals surface area contributed by atoms with Gasteiger partial charge in [-0.15, -0.1) is 11.3 Å². The molecule has 0 aliphatic carbocycles. The van der Waals surface area contributed by atoms with Crippen LogP contribution in [0, 0.1) is 6.92 Å². The van der Waals surface area contributed by atoms with E-state index in [9.17, 15) is 31.1 Å². The quantitative estimate of drug-likeness (QED) is 0.560. The number of alkyl halides is 6. The summed E-state index contributed by atoms with van der Waals surface area (Å²) < 4.78 is 77.4. The predicted molar refractivity (Wildman–Crippen MR) is 93.4 cm³/mol. The van der Waals surface area contributed by atoms with Gasteiger partial charge in [0.2, 0.25) is 0 Å². The molecule has 0 aliphatic rings. The van der Waals surface area contributed by atoms with Crippen LogP contribution in [-0.2, 0) is 19.3 Å². The maximum absolute atomic E-state index is 12.9. The van der Waals surface area contributed by atoms with Gasteiger partial charge in [-0.05, 0) is 24.6 Å². The Kier molecular flexibility index (Phi) is 5.32. The first-order chi connectivity index (χ1) is 13.4. The van der Waals surface area contributed by atoms with Gasteiger partial charge in [0.05, 0.1) is 11.4 Å². The fourth-order valence-corrected chi connectivity index (χ4v) is 3.92. The molecule has 5 nitrogen and oxygen atoms in total. The standard InChI is InChI=1S/C17H14F6N4OS/c1-9-10-3-4-11(17(21,22)23)25-14(10)29-13(9)15(28)26(2)7-12-24-5-6-27(12)8-16(18,19)20/h3-6H,7-8H2,1-2H3. The van der Waals surface area contributed by atoms with Crippen LogP contribution in [0.1, 0.15) is 26.8 Å². The maximum atomic E-state index is 12.9. The molecule has 29 heavy (non-hydrogen) atoms. The van der Waals surface area contributed by atoms with Gasteiger partial charge < -0.3 is 9.47 Å². The Bertz CT molecular complexity index is 1050. The molecule has 0 bridgehead atoms. The molecule has 0 saturated heterocycles. The summed E-state index contributed by atoms with van der Waals surface area (Å²) in [6, 6.07) is 2.10. The molecular weight excluding hydrogens is 422 g/mol. The number of pyridine rings is 1. The molecule has 156 valence electrons. The molecule has 3 rings (SSSR count). The Labute approximate surface area is 164 Å². The maximum Gasteiger partial charge on any atom is 0.433 e. The minimum atomic E-state index is -4.61. The molecule has 0 aromatic carbocycles. The van der Waals surface area contributed by atoms with Crippen LogP contribution in [0.5, 0.6) is 0 Å². The van der Waals surface area contributed by atoms with Crippen LogP contribution in [0.2, 0.25) is 0 Å². The summed E-state index contributed by atoms with van der Waals surface area (Å²) in [7, 11) is 1.38. The Hall–Kier alpha value is -2.63. The molecule has 0 fully saturated rings. The van der Waals surface area contributed by atoms with E-state index in [1.165, 1.54) is 19.3 Å². The molecule has 0 saturated carbocycles. The molecule has 0 unspecified atom stereocenters. The second-order valence-electron chi connectivity index (χ2n) is 6.35. The minimum absolute atomic E-state index is 0.0365. The SMILES string of the molecule is Cc1c(C(=O)N(C)Cc2nccn2CC(F)(F)F)sc2nc(C(F)(F)F)ccc12. The van der Waals surface area contributed by atoms with E-state index in [0.29, 0.717) is 10.9 Å². The van der Waals surface area contributed by atoms with Gasteiger partial charge in [0.15, 0.2) is 0 Å². The summed E-state index contributed by atoms with van der Waals surface area (Å²) in [4.78, 5) is 21.6. The Balaban J connectivity index is 1.86. The van der Waals surface area contributed by atoms with E-state index in [0.717, 1.165) is 33.1 Å². The lowest BCUT2D eigenvalue weighted by atomic mass is 10.1. The molecule has 0 radical (unpaired) electrons. The van der Waals surface area contributed by atoms with Crippen molar-refractivity contribution in [3.05, 3.63) is 46.5 Å². The second-order valence-corrected chi connectivity index (χ2v) is 7.35. The molecule has 0 spiro atoms. The van der Waals surface area contributed by atoms with Gasteiger partial charge in [0.1, 0.15) is 22.9 Å². The van der Waals surface area contributed by atoms with Crippen molar-refractivity contribution in [2.45, 2.75) is 32.4 Å². The van der Waals surface area contributed by atoms with Crippen molar-refractivity contribution in [3.8, 4) is 0 Å². The number of nitrogens with zero attached hydrogens (tertiary/aromatic N) is 4. The predicted octanol–water partition coefficient (Wildman–Crippen LogP) is 4.65. The third-order valence-electron chi connectivity index (χ3n) is 4.16. The number of aryl methyl sites for hydroxylation is 1. The van der Waals surface area contributed by atoms with Crippen LogP contribution >= 0.6 is 11.3 Å². The number of halogens is 6. The van der Waals surface area contributed by atoms with E-state index in [2.05, 4.69) is 9.97 Å². The summed E-state index contributed by atoms with van der Waals surface area (Å²) >= 11 is 0.808. The summed E-state index contributed by atoms with van der Waals surface area (Å²) in [5.41, 5.74) is -0.602. The van der Waals surface area contributed by atoms with Crippen molar-refractivity contribution in [1.29, 1.82) is 0 Å². The molecule has 12 heteroatoms. The average molecular weight is 436 g/mol. The fourth-order valence-electron chi connectivity index (χ4n) is 2.75. The lowest BCUT2D eigenvalue weighted by Crippen LogP contribution is -2.28.